The molecule has 3 aromatic rings. The third-order valence-electron chi connectivity index (χ3n) is 3.73. The molecular weight excluding hydrogens is 322 g/mol. The fraction of sp³-hybridized carbons (Fsp3) is 0.235. The van der Waals surface area contributed by atoms with Crippen LogP contribution in [0.15, 0.2) is 54.6 Å². The average molecular weight is 341 g/mol. The standard InChI is InChI=1S/C17H19N5OS/c1-21(2)14(15-4-3-9-24-15)11-20-17(23)13-5-6-19-16(10-13)22-8-7-18-12-22/h3-10,12,14H,11H2,1-2H3,(H,20,23)/t14-/m1/s1. The molecule has 6 nitrogen and oxygen atoms in total. The number of nitrogens with one attached hydrogen (secondary N) is 1. The van der Waals surface area contributed by atoms with Gasteiger partial charge in [-0.2, -0.15) is 0 Å². The Kier molecular flexibility index (Phi) is 5.02. The molecule has 0 saturated heterocycles. The van der Waals surface area contributed by atoms with Crippen molar-refractivity contribution >= 4 is 17.2 Å². The lowest BCUT2D eigenvalue weighted by Crippen LogP contribution is -2.34. The van der Waals surface area contributed by atoms with Crippen LogP contribution in [0.1, 0.15) is 21.3 Å². The molecule has 0 aliphatic heterocycles. The first-order valence-corrected chi connectivity index (χ1v) is 8.45. The Labute approximate surface area is 144 Å². The number of thiophene rings is 1. The minimum absolute atomic E-state index is 0.109. The summed E-state index contributed by atoms with van der Waals surface area (Å²) in [6.45, 7) is 0.551. The monoisotopic (exact) mass is 341 g/mol. The van der Waals surface area contributed by atoms with E-state index >= 15 is 0 Å². The Morgan fingerprint density at radius 2 is 2.25 bits per heavy atom. The van der Waals surface area contributed by atoms with Crippen LogP contribution >= 0.6 is 11.3 Å². The molecule has 0 aliphatic carbocycles. The van der Waals surface area contributed by atoms with E-state index in [-0.39, 0.29) is 11.9 Å². The van der Waals surface area contributed by atoms with Crippen LogP contribution in [0.4, 0.5) is 0 Å². The van der Waals surface area contributed by atoms with Gasteiger partial charge in [0.1, 0.15) is 12.1 Å². The summed E-state index contributed by atoms with van der Waals surface area (Å²) in [5, 5.41) is 5.06. The summed E-state index contributed by atoms with van der Waals surface area (Å²) in [5.41, 5.74) is 0.581. The first kappa shape index (κ1) is 16.4. The highest BCUT2D eigenvalue weighted by molar-refractivity contribution is 7.10. The Balaban J connectivity index is 1.70. The molecule has 1 atom stereocenters. The third-order valence-corrected chi connectivity index (χ3v) is 4.70. The predicted molar refractivity (Wildman–Crippen MR) is 94.4 cm³/mol. The van der Waals surface area contributed by atoms with E-state index in [9.17, 15) is 4.79 Å². The number of pyridine rings is 1. The van der Waals surface area contributed by atoms with Crippen LogP contribution in [0.3, 0.4) is 0 Å². The molecule has 3 aromatic heterocycles. The summed E-state index contributed by atoms with van der Waals surface area (Å²) < 4.78 is 1.77. The number of imidazole rings is 1. The summed E-state index contributed by atoms with van der Waals surface area (Å²) in [5.74, 6) is 0.560. The number of likely N-dealkylation sites (N-methyl/N-ethyl adjacent to an activating group) is 1. The van der Waals surface area contributed by atoms with Crippen LogP contribution in [0.5, 0.6) is 0 Å². The molecule has 0 aromatic carbocycles. The van der Waals surface area contributed by atoms with Crippen molar-refractivity contribution in [2.24, 2.45) is 0 Å². The number of nitrogens with zero attached hydrogens (tertiary/aromatic N) is 4. The first-order chi connectivity index (χ1) is 11.6. The van der Waals surface area contributed by atoms with Gasteiger partial charge in [-0.3, -0.25) is 9.36 Å². The van der Waals surface area contributed by atoms with Gasteiger partial charge < -0.3 is 10.2 Å². The Morgan fingerprint density at radius 3 is 2.92 bits per heavy atom. The normalized spacial score (nSPS) is 12.3. The number of rotatable bonds is 6. The Bertz CT molecular complexity index is 783. The smallest absolute Gasteiger partial charge is 0.251 e. The minimum Gasteiger partial charge on any atom is -0.350 e. The van der Waals surface area contributed by atoms with E-state index in [2.05, 4.69) is 26.3 Å². The highest BCUT2D eigenvalue weighted by atomic mass is 32.1. The second-order valence-electron chi connectivity index (χ2n) is 5.58. The molecule has 7 heteroatoms. The number of carbonyl (C=O) groups excluding carboxylic acids is 1. The molecule has 3 rings (SSSR count). The third kappa shape index (κ3) is 3.69. The summed E-state index contributed by atoms with van der Waals surface area (Å²) in [6, 6.07) is 7.74. The van der Waals surface area contributed by atoms with Gasteiger partial charge in [-0.1, -0.05) is 6.07 Å². The number of hydrogen-bond acceptors (Lipinski definition) is 5. The second kappa shape index (κ2) is 7.37. The maximum Gasteiger partial charge on any atom is 0.251 e. The lowest BCUT2D eigenvalue weighted by Gasteiger charge is -2.23. The van der Waals surface area contributed by atoms with E-state index in [1.807, 2.05) is 25.5 Å². The fourth-order valence-electron chi connectivity index (χ4n) is 2.41. The number of carbonyl (C=O) groups is 1. The molecule has 0 fully saturated rings. The molecule has 0 aliphatic rings. The molecule has 0 spiro atoms. The van der Waals surface area contributed by atoms with Crippen molar-refractivity contribution < 1.29 is 4.79 Å². The zero-order chi connectivity index (χ0) is 16.9. The topological polar surface area (TPSA) is 63.1 Å². The zero-order valence-electron chi connectivity index (χ0n) is 13.6. The molecule has 124 valence electrons. The van der Waals surface area contributed by atoms with Crippen molar-refractivity contribution in [1.82, 2.24) is 24.8 Å². The maximum absolute atomic E-state index is 12.5. The van der Waals surface area contributed by atoms with E-state index in [0.717, 1.165) is 0 Å². The van der Waals surface area contributed by atoms with Crippen LogP contribution in [-0.2, 0) is 0 Å². The van der Waals surface area contributed by atoms with Crippen LogP contribution in [0.25, 0.3) is 5.82 Å². The maximum atomic E-state index is 12.5. The summed E-state index contributed by atoms with van der Waals surface area (Å²) in [6.07, 6.45) is 6.76. The molecule has 3 heterocycles. The van der Waals surface area contributed by atoms with Crippen LogP contribution in [-0.4, -0.2) is 46.0 Å². The van der Waals surface area contributed by atoms with Gasteiger partial charge in [-0.05, 0) is 37.7 Å². The van der Waals surface area contributed by atoms with Gasteiger partial charge in [0.15, 0.2) is 0 Å². The van der Waals surface area contributed by atoms with Gasteiger partial charge in [0, 0.05) is 35.6 Å². The van der Waals surface area contributed by atoms with Gasteiger partial charge >= 0.3 is 0 Å². The molecule has 0 bridgehead atoms. The summed E-state index contributed by atoms with van der Waals surface area (Å²) >= 11 is 1.69. The van der Waals surface area contributed by atoms with Gasteiger partial charge in [0.25, 0.3) is 5.91 Å². The fourth-order valence-corrected chi connectivity index (χ4v) is 3.33. The molecule has 0 radical (unpaired) electrons. The van der Waals surface area contributed by atoms with E-state index in [1.165, 1.54) is 4.88 Å². The predicted octanol–water partition coefficient (Wildman–Crippen LogP) is 2.36. The van der Waals surface area contributed by atoms with Gasteiger partial charge in [-0.15, -0.1) is 11.3 Å². The first-order valence-electron chi connectivity index (χ1n) is 7.57. The van der Waals surface area contributed by atoms with Crippen molar-refractivity contribution in [3.63, 3.8) is 0 Å². The average Bonchev–Trinajstić information content (AvgIpc) is 3.28. The van der Waals surface area contributed by atoms with Crippen molar-refractivity contribution in [1.29, 1.82) is 0 Å². The van der Waals surface area contributed by atoms with E-state index in [4.69, 9.17) is 0 Å². The summed E-state index contributed by atoms with van der Waals surface area (Å²) in [7, 11) is 4.03. The van der Waals surface area contributed by atoms with Crippen molar-refractivity contribution in [2.75, 3.05) is 20.6 Å². The highest BCUT2D eigenvalue weighted by Crippen LogP contribution is 2.22. The van der Waals surface area contributed by atoms with Crippen molar-refractivity contribution in [3.05, 3.63) is 65.0 Å². The van der Waals surface area contributed by atoms with Crippen LogP contribution in [0, 0.1) is 0 Å². The Hall–Kier alpha value is -2.51. The Morgan fingerprint density at radius 1 is 1.38 bits per heavy atom. The molecule has 1 N–H and O–H groups in total. The second-order valence-corrected chi connectivity index (χ2v) is 6.56. The molecule has 0 unspecified atom stereocenters. The number of aromatic nitrogens is 3. The largest absolute Gasteiger partial charge is 0.350 e. The lowest BCUT2D eigenvalue weighted by atomic mass is 10.2. The number of hydrogen-bond donors (Lipinski definition) is 1. The van der Waals surface area contributed by atoms with Crippen LogP contribution < -0.4 is 5.32 Å². The number of amides is 1. The molecule has 24 heavy (non-hydrogen) atoms. The van der Waals surface area contributed by atoms with E-state index in [1.54, 1.807) is 53.0 Å². The molecule has 0 saturated carbocycles. The molecule has 1 amide bonds. The lowest BCUT2D eigenvalue weighted by molar-refractivity contribution is 0.0942. The highest BCUT2D eigenvalue weighted by Gasteiger charge is 2.17. The van der Waals surface area contributed by atoms with Gasteiger partial charge in [0.2, 0.25) is 0 Å². The van der Waals surface area contributed by atoms with Crippen LogP contribution in [0.2, 0.25) is 0 Å². The van der Waals surface area contributed by atoms with E-state index < -0.39 is 0 Å². The van der Waals surface area contributed by atoms with Gasteiger partial charge in [0.05, 0.1) is 6.04 Å². The van der Waals surface area contributed by atoms with Crippen molar-refractivity contribution in [2.45, 2.75) is 6.04 Å². The molecular formula is C17H19N5OS. The van der Waals surface area contributed by atoms with Gasteiger partial charge in [-0.25, -0.2) is 9.97 Å². The van der Waals surface area contributed by atoms with E-state index in [0.29, 0.717) is 17.9 Å². The zero-order valence-corrected chi connectivity index (χ0v) is 14.4. The SMILES string of the molecule is CN(C)[C@H](CNC(=O)c1ccnc(-n2ccnc2)c1)c1cccs1. The van der Waals surface area contributed by atoms with Crippen molar-refractivity contribution in [3.8, 4) is 5.82 Å². The quantitative estimate of drug-likeness (QED) is 0.748. The summed E-state index contributed by atoms with van der Waals surface area (Å²) in [4.78, 5) is 24.1. The minimum atomic E-state index is -0.109.